The van der Waals surface area contributed by atoms with Crippen LogP contribution >= 0.6 is 0 Å². The third-order valence-electron chi connectivity index (χ3n) is 8.44. The topological polar surface area (TPSA) is 82.3 Å². The summed E-state index contributed by atoms with van der Waals surface area (Å²) in [5.41, 5.74) is 6.59. The number of hydrogen-bond donors (Lipinski definition) is 0. The first-order valence-corrected chi connectivity index (χ1v) is 15.4. The summed E-state index contributed by atoms with van der Waals surface area (Å²) >= 11 is 0. The van der Waals surface area contributed by atoms with E-state index in [9.17, 15) is 0 Å². The molecule has 9 aromatic rings. The molecule has 0 atom stereocenters. The highest BCUT2D eigenvalue weighted by Crippen LogP contribution is 2.39. The van der Waals surface area contributed by atoms with Crippen molar-refractivity contribution >= 4 is 32.6 Å². The second kappa shape index (κ2) is 11.1. The summed E-state index contributed by atoms with van der Waals surface area (Å²) in [6.45, 7) is 0. The van der Waals surface area contributed by atoms with Crippen LogP contribution in [0.4, 0.5) is 0 Å². The fourth-order valence-corrected chi connectivity index (χ4v) is 6.29. The number of fused-ring (bicyclic) bond motifs is 6. The minimum atomic E-state index is 0.571. The number of benzene rings is 5. The van der Waals surface area contributed by atoms with Crippen LogP contribution in [-0.2, 0) is 0 Å². The van der Waals surface area contributed by atoms with Crippen LogP contribution in [0.2, 0.25) is 0 Å². The number of hydrogen-bond acceptors (Lipinski definition) is 6. The molecule has 4 aromatic heterocycles. The van der Waals surface area contributed by atoms with Crippen LogP contribution in [0, 0.1) is 0 Å². The highest BCUT2D eigenvalue weighted by atomic mass is 15.1. The van der Waals surface area contributed by atoms with E-state index in [2.05, 4.69) is 106 Å². The SMILES string of the molecule is c1ccc(-c2nc3c4ccccc4c4ccccc4c3n2-c2cccc(-c3nc(-c4ccncc4)nc(-c4ccncc4)n3)c2)cc1. The molecule has 0 aliphatic carbocycles. The first kappa shape index (κ1) is 26.8. The van der Waals surface area contributed by atoms with Crippen molar-refractivity contribution in [2.75, 3.05) is 0 Å². The molecule has 0 saturated carbocycles. The smallest absolute Gasteiger partial charge is 0.164 e. The third kappa shape index (κ3) is 4.60. The van der Waals surface area contributed by atoms with E-state index < -0.39 is 0 Å². The number of rotatable bonds is 5. The molecular weight excluding hydrogens is 578 g/mol. The van der Waals surface area contributed by atoms with Gasteiger partial charge < -0.3 is 0 Å². The molecule has 0 bridgehead atoms. The molecule has 47 heavy (non-hydrogen) atoms. The molecule has 0 saturated heterocycles. The summed E-state index contributed by atoms with van der Waals surface area (Å²) in [6, 6.07) is 43.4. The van der Waals surface area contributed by atoms with Crippen molar-refractivity contribution in [3.63, 3.8) is 0 Å². The third-order valence-corrected chi connectivity index (χ3v) is 8.44. The van der Waals surface area contributed by atoms with E-state index >= 15 is 0 Å². The number of pyridine rings is 2. The van der Waals surface area contributed by atoms with Gasteiger partial charge in [0.05, 0.1) is 11.0 Å². The average molecular weight is 604 g/mol. The van der Waals surface area contributed by atoms with Crippen LogP contribution in [0.25, 0.3) is 83.8 Å². The molecule has 0 radical (unpaired) electrons. The first-order chi connectivity index (χ1) is 23.3. The Morgan fingerprint density at radius 1 is 0.383 bits per heavy atom. The zero-order valence-electron chi connectivity index (χ0n) is 25.1. The first-order valence-electron chi connectivity index (χ1n) is 15.4. The van der Waals surface area contributed by atoms with Crippen LogP contribution in [0.1, 0.15) is 0 Å². The lowest BCUT2D eigenvalue weighted by Gasteiger charge is -2.14. The Bertz CT molecular complexity index is 2510. The summed E-state index contributed by atoms with van der Waals surface area (Å²) in [6.07, 6.45) is 6.98. The molecule has 4 heterocycles. The van der Waals surface area contributed by atoms with Gasteiger partial charge in [0.25, 0.3) is 0 Å². The summed E-state index contributed by atoms with van der Waals surface area (Å²) in [7, 11) is 0. The molecule has 0 N–H and O–H groups in total. The maximum Gasteiger partial charge on any atom is 0.164 e. The predicted octanol–water partition coefficient (Wildman–Crippen LogP) is 8.97. The molecule has 0 aliphatic heterocycles. The van der Waals surface area contributed by atoms with E-state index in [0.717, 1.165) is 55.6 Å². The Kier molecular flexibility index (Phi) is 6.31. The van der Waals surface area contributed by atoms with E-state index in [0.29, 0.717) is 17.5 Å². The molecule has 0 aliphatic rings. The minimum absolute atomic E-state index is 0.571. The Hall–Kier alpha value is -6.60. The second-order valence-electron chi connectivity index (χ2n) is 11.3. The maximum absolute atomic E-state index is 5.36. The van der Waals surface area contributed by atoms with Gasteiger partial charge in [0, 0.05) is 63.5 Å². The molecule has 0 amide bonds. The molecule has 5 aromatic carbocycles. The second-order valence-corrected chi connectivity index (χ2v) is 11.3. The summed E-state index contributed by atoms with van der Waals surface area (Å²) < 4.78 is 2.28. The summed E-state index contributed by atoms with van der Waals surface area (Å²) in [5.74, 6) is 2.58. The van der Waals surface area contributed by atoms with Crippen molar-refractivity contribution in [2.45, 2.75) is 0 Å². The van der Waals surface area contributed by atoms with Crippen LogP contribution in [-0.4, -0.2) is 34.5 Å². The van der Waals surface area contributed by atoms with Gasteiger partial charge >= 0.3 is 0 Å². The quantitative estimate of drug-likeness (QED) is 0.183. The molecule has 220 valence electrons. The van der Waals surface area contributed by atoms with Gasteiger partial charge in [-0.15, -0.1) is 0 Å². The number of nitrogens with zero attached hydrogens (tertiary/aromatic N) is 7. The lowest BCUT2D eigenvalue weighted by atomic mass is 10.00. The maximum atomic E-state index is 5.36. The number of aromatic nitrogens is 7. The monoisotopic (exact) mass is 603 g/mol. The minimum Gasteiger partial charge on any atom is -0.292 e. The zero-order valence-corrected chi connectivity index (χ0v) is 25.1. The molecule has 7 nitrogen and oxygen atoms in total. The van der Waals surface area contributed by atoms with Crippen molar-refractivity contribution < 1.29 is 0 Å². The molecular formula is C40H25N7. The van der Waals surface area contributed by atoms with Crippen molar-refractivity contribution in [1.29, 1.82) is 0 Å². The van der Waals surface area contributed by atoms with Crippen molar-refractivity contribution in [3.05, 3.63) is 152 Å². The highest BCUT2D eigenvalue weighted by molar-refractivity contribution is 6.24. The van der Waals surface area contributed by atoms with Gasteiger partial charge in [0.2, 0.25) is 0 Å². The molecule has 0 spiro atoms. The Morgan fingerprint density at radius 2 is 0.894 bits per heavy atom. The summed E-state index contributed by atoms with van der Waals surface area (Å²) in [4.78, 5) is 28.5. The average Bonchev–Trinajstić information content (AvgIpc) is 3.57. The van der Waals surface area contributed by atoms with E-state index in [1.807, 2.05) is 36.4 Å². The van der Waals surface area contributed by atoms with Crippen LogP contribution in [0.15, 0.2) is 152 Å². The van der Waals surface area contributed by atoms with Gasteiger partial charge in [-0.05, 0) is 47.2 Å². The van der Waals surface area contributed by atoms with Crippen LogP contribution < -0.4 is 0 Å². The largest absolute Gasteiger partial charge is 0.292 e. The normalized spacial score (nSPS) is 11.4. The molecule has 0 fully saturated rings. The van der Waals surface area contributed by atoms with E-state index in [1.54, 1.807) is 24.8 Å². The van der Waals surface area contributed by atoms with E-state index in [4.69, 9.17) is 19.9 Å². The Labute approximate surface area is 269 Å². The highest BCUT2D eigenvalue weighted by Gasteiger charge is 2.21. The standard InChI is InChI=1S/C40H25N7/c1-2-9-28(10-3-1)40-43-35-33-15-6-4-13-31(33)32-14-5-7-16-34(32)36(35)47(40)30-12-8-11-29(25-30)39-45-37(26-17-21-41-22-18-26)44-38(46-39)27-19-23-42-24-20-27/h1-25H. The lowest BCUT2D eigenvalue weighted by Crippen LogP contribution is -2.02. The van der Waals surface area contributed by atoms with Crippen molar-refractivity contribution in [3.8, 4) is 51.2 Å². The van der Waals surface area contributed by atoms with Gasteiger partial charge in [0.15, 0.2) is 17.5 Å². The Morgan fingerprint density at radius 3 is 1.53 bits per heavy atom. The van der Waals surface area contributed by atoms with Gasteiger partial charge in [0.1, 0.15) is 5.82 Å². The molecule has 9 rings (SSSR count). The Balaban J connectivity index is 1.32. The van der Waals surface area contributed by atoms with Gasteiger partial charge in [-0.25, -0.2) is 19.9 Å². The fraction of sp³-hybridized carbons (Fsp3) is 0. The van der Waals surface area contributed by atoms with Crippen molar-refractivity contribution in [1.82, 2.24) is 34.5 Å². The van der Waals surface area contributed by atoms with Crippen molar-refractivity contribution in [2.24, 2.45) is 0 Å². The lowest BCUT2D eigenvalue weighted by molar-refractivity contribution is 1.06. The predicted molar refractivity (Wildman–Crippen MR) is 187 cm³/mol. The van der Waals surface area contributed by atoms with Gasteiger partial charge in [-0.1, -0.05) is 91.0 Å². The van der Waals surface area contributed by atoms with E-state index in [-0.39, 0.29) is 0 Å². The van der Waals surface area contributed by atoms with Crippen LogP contribution in [0.5, 0.6) is 0 Å². The van der Waals surface area contributed by atoms with E-state index in [1.165, 1.54) is 10.8 Å². The van der Waals surface area contributed by atoms with Gasteiger partial charge in [-0.3, -0.25) is 14.5 Å². The fourth-order valence-electron chi connectivity index (χ4n) is 6.29. The molecule has 7 heteroatoms. The molecule has 0 unspecified atom stereocenters. The van der Waals surface area contributed by atoms with Crippen LogP contribution in [0.3, 0.4) is 0 Å². The number of imidazole rings is 1. The van der Waals surface area contributed by atoms with Gasteiger partial charge in [-0.2, -0.15) is 0 Å². The zero-order chi connectivity index (χ0) is 31.2. The summed E-state index contributed by atoms with van der Waals surface area (Å²) in [5, 5.41) is 4.64.